The van der Waals surface area contributed by atoms with Crippen molar-refractivity contribution < 1.29 is 0 Å². The van der Waals surface area contributed by atoms with Crippen LogP contribution in [0.5, 0.6) is 0 Å². The van der Waals surface area contributed by atoms with E-state index in [0.29, 0.717) is 17.5 Å². The van der Waals surface area contributed by atoms with Gasteiger partial charge in [0, 0.05) is 17.9 Å². The summed E-state index contributed by atoms with van der Waals surface area (Å²) >= 11 is 11.3. The molecule has 1 aromatic carbocycles. The Hall–Kier alpha value is -1.30. The molecule has 0 N–H and O–H groups in total. The number of hydrogen-bond donors (Lipinski definition) is 0. The van der Waals surface area contributed by atoms with Crippen LogP contribution < -0.4 is 0 Å². The largest absolute Gasteiger partial charge is 0.251 e. The molecule has 0 saturated heterocycles. The molecule has 0 atom stereocenters. The number of nitrogens with zero attached hydrogens (tertiary/aromatic N) is 2. The van der Waals surface area contributed by atoms with Gasteiger partial charge in [-0.25, -0.2) is 4.98 Å². The Balaban J connectivity index is 2.40. The van der Waals surface area contributed by atoms with Crippen LogP contribution in [0.15, 0.2) is 24.4 Å². The van der Waals surface area contributed by atoms with Crippen molar-refractivity contribution in [1.29, 1.82) is 0 Å². The van der Waals surface area contributed by atoms with Gasteiger partial charge in [-0.1, -0.05) is 23.4 Å². The zero-order valence-electron chi connectivity index (χ0n) is 8.37. The SMILES string of the molecule is ClCCC#Cc1ccc2ncc(Cl)nc2c1. The van der Waals surface area contributed by atoms with Gasteiger partial charge in [0.05, 0.1) is 17.2 Å². The van der Waals surface area contributed by atoms with E-state index in [0.717, 1.165) is 16.6 Å². The number of fused-ring (bicyclic) bond motifs is 1. The van der Waals surface area contributed by atoms with Crippen molar-refractivity contribution in [3.63, 3.8) is 0 Å². The topological polar surface area (TPSA) is 25.8 Å². The molecule has 0 amide bonds. The molecule has 0 radical (unpaired) electrons. The van der Waals surface area contributed by atoms with Crippen LogP contribution in [0.25, 0.3) is 11.0 Å². The molecule has 1 aromatic heterocycles. The summed E-state index contributed by atoms with van der Waals surface area (Å²) in [4.78, 5) is 8.33. The molecule has 0 aliphatic carbocycles. The monoisotopic (exact) mass is 250 g/mol. The fourth-order valence-corrected chi connectivity index (χ4v) is 1.51. The standard InChI is InChI=1S/C12H8Cl2N2/c13-6-2-1-3-9-4-5-10-11(7-9)16-12(14)8-15-10/h4-5,7-8H,2,6H2. The quantitative estimate of drug-likeness (QED) is 0.574. The van der Waals surface area contributed by atoms with Crippen molar-refractivity contribution >= 4 is 34.2 Å². The Bertz CT molecular complexity index is 570. The van der Waals surface area contributed by atoms with Gasteiger partial charge in [0.25, 0.3) is 0 Å². The lowest BCUT2D eigenvalue weighted by Crippen LogP contribution is -1.85. The Kier molecular flexibility index (Phi) is 3.61. The minimum Gasteiger partial charge on any atom is -0.251 e. The molecule has 80 valence electrons. The van der Waals surface area contributed by atoms with E-state index in [1.807, 2.05) is 18.2 Å². The predicted molar refractivity (Wildman–Crippen MR) is 66.8 cm³/mol. The summed E-state index contributed by atoms with van der Waals surface area (Å²) in [6.07, 6.45) is 2.21. The third-order valence-corrected chi connectivity index (χ3v) is 2.34. The second kappa shape index (κ2) is 5.16. The van der Waals surface area contributed by atoms with E-state index >= 15 is 0 Å². The normalized spacial score (nSPS) is 9.88. The van der Waals surface area contributed by atoms with Gasteiger partial charge >= 0.3 is 0 Å². The van der Waals surface area contributed by atoms with E-state index in [9.17, 15) is 0 Å². The second-order valence-corrected chi connectivity index (χ2v) is 3.90. The van der Waals surface area contributed by atoms with Gasteiger partial charge in [0.2, 0.25) is 0 Å². The Morgan fingerprint density at radius 3 is 2.94 bits per heavy atom. The molecular weight excluding hydrogens is 243 g/mol. The van der Waals surface area contributed by atoms with Gasteiger partial charge in [0.1, 0.15) is 5.15 Å². The van der Waals surface area contributed by atoms with Crippen LogP contribution in [0, 0.1) is 11.8 Å². The van der Waals surface area contributed by atoms with E-state index in [-0.39, 0.29) is 0 Å². The minimum absolute atomic E-state index is 0.387. The van der Waals surface area contributed by atoms with Gasteiger partial charge < -0.3 is 0 Å². The zero-order chi connectivity index (χ0) is 11.4. The predicted octanol–water partition coefficient (Wildman–Crippen LogP) is 3.26. The summed E-state index contributed by atoms with van der Waals surface area (Å²) in [6, 6.07) is 5.66. The fourth-order valence-electron chi connectivity index (χ4n) is 1.28. The van der Waals surface area contributed by atoms with E-state index in [4.69, 9.17) is 23.2 Å². The molecule has 2 nitrogen and oxygen atoms in total. The van der Waals surface area contributed by atoms with Gasteiger partial charge in [-0.15, -0.1) is 11.6 Å². The maximum Gasteiger partial charge on any atom is 0.148 e. The molecule has 0 fully saturated rings. The lowest BCUT2D eigenvalue weighted by molar-refractivity contribution is 1.28. The smallest absolute Gasteiger partial charge is 0.148 e. The van der Waals surface area contributed by atoms with Gasteiger partial charge in [-0.3, -0.25) is 4.98 Å². The van der Waals surface area contributed by atoms with Crippen LogP contribution in [0.3, 0.4) is 0 Å². The van der Waals surface area contributed by atoms with Crippen LogP contribution in [-0.4, -0.2) is 15.8 Å². The first-order valence-electron chi connectivity index (χ1n) is 4.77. The zero-order valence-corrected chi connectivity index (χ0v) is 9.89. The summed E-state index contributed by atoms with van der Waals surface area (Å²) in [5, 5.41) is 0.387. The van der Waals surface area contributed by atoms with Gasteiger partial charge in [-0.05, 0) is 18.2 Å². The number of benzene rings is 1. The third kappa shape index (κ3) is 2.63. The first-order valence-corrected chi connectivity index (χ1v) is 5.68. The number of halogens is 2. The lowest BCUT2D eigenvalue weighted by Gasteiger charge is -1.97. The van der Waals surface area contributed by atoms with Crippen molar-refractivity contribution in [2.75, 3.05) is 5.88 Å². The molecule has 1 heterocycles. The minimum atomic E-state index is 0.387. The Morgan fingerprint density at radius 1 is 1.25 bits per heavy atom. The average molecular weight is 251 g/mol. The van der Waals surface area contributed by atoms with Gasteiger partial charge in [0.15, 0.2) is 0 Å². The molecule has 0 saturated carbocycles. The maximum absolute atomic E-state index is 5.77. The molecular formula is C12H8Cl2N2. The lowest BCUT2D eigenvalue weighted by atomic mass is 10.2. The highest BCUT2D eigenvalue weighted by molar-refractivity contribution is 6.29. The highest BCUT2D eigenvalue weighted by atomic mass is 35.5. The molecule has 0 bridgehead atoms. The summed E-state index contributed by atoms with van der Waals surface area (Å²) in [7, 11) is 0. The van der Waals surface area contributed by atoms with Crippen LogP contribution >= 0.6 is 23.2 Å². The van der Waals surface area contributed by atoms with Crippen molar-refractivity contribution in [2.45, 2.75) is 6.42 Å². The number of hydrogen-bond acceptors (Lipinski definition) is 2. The number of rotatable bonds is 1. The van der Waals surface area contributed by atoms with E-state index < -0.39 is 0 Å². The average Bonchev–Trinajstić information content (AvgIpc) is 2.29. The summed E-state index contributed by atoms with van der Waals surface area (Å²) in [6.45, 7) is 0. The number of alkyl halides is 1. The van der Waals surface area contributed by atoms with Crippen LogP contribution in [0.4, 0.5) is 0 Å². The highest BCUT2D eigenvalue weighted by Crippen LogP contribution is 2.13. The Morgan fingerprint density at radius 2 is 2.12 bits per heavy atom. The first kappa shape index (κ1) is 11.2. The summed E-state index contributed by atoms with van der Waals surface area (Å²) < 4.78 is 0. The molecule has 0 spiro atoms. The maximum atomic E-state index is 5.77. The third-order valence-electron chi connectivity index (χ3n) is 1.97. The van der Waals surface area contributed by atoms with Crippen LogP contribution in [-0.2, 0) is 0 Å². The van der Waals surface area contributed by atoms with E-state index in [1.54, 1.807) is 0 Å². The van der Waals surface area contributed by atoms with Crippen LogP contribution in [0.2, 0.25) is 5.15 Å². The molecule has 0 unspecified atom stereocenters. The van der Waals surface area contributed by atoms with Crippen LogP contribution in [0.1, 0.15) is 12.0 Å². The fraction of sp³-hybridized carbons (Fsp3) is 0.167. The van der Waals surface area contributed by atoms with Crippen molar-refractivity contribution in [3.05, 3.63) is 35.1 Å². The molecule has 0 aliphatic rings. The summed E-state index contributed by atoms with van der Waals surface area (Å²) in [5.41, 5.74) is 2.46. The first-order chi connectivity index (χ1) is 7.79. The molecule has 16 heavy (non-hydrogen) atoms. The van der Waals surface area contributed by atoms with E-state index in [1.165, 1.54) is 6.20 Å². The molecule has 2 aromatic rings. The van der Waals surface area contributed by atoms with Crippen molar-refractivity contribution in [2.24, 2.45) is 0 Å². The molecule has 4 heteroatoms. The van der Waals surface area contributed by atoms with Crippen molar-refractivity contribution in [1.82, 2.24) is 9.97 Å². The van der Waals surface area contributed by atoms with Crippen molar-refractivity contribution in [3.8, 4) is 11.8 Å². The molecule has 0 aliphatic heterocycles. The summed E-state index contributed by atoms with van der Waals surface area (Å²) in [5.74, 6) is 6.53. The second-order valence-electron chi connectivity index (χ2n) is 3.14. The molecule has 2 rings (SSSR count). The highest BCUT2D eigenvalue weighted by Gasteiger charge is 1.98. The van der Waals surface area contributed by atoms with E-state index in [2.05, 4.69) is 21.8 Å². The Labute approximate surface area is 104 Å². The number of aromatic nitrogens is 2. The van der Waals surface area contributed by atoms with Gasteiger partial charge in [-0.2, -0.15) is 0 Å².